The maximum absolute atomic E-state index is 13.8. The van der Waals surface area contributed by atoms with Crippen LogP contribution in [0.1, 0.15) is 28.4 Å². The van der Waals surface area contributed by atoms with Crippen LogP contribution in [0.4, 0.5) is 14.5 Å². The van der Waals surface area contributed by atoms with Crippen LogP contribution in [0.15, 0.2) is 60.7 Å². The summed E-state index contributed by atoms with van der Waals surface area (Å²) in [5.74, 6) is -3.90. The van der Waals surface area contributed by atoms with Crippen molar-refractivity contribution in [2.24, 2.45) is 0 Å². The predicted molar refractivity (Wildman–Crippen MR) is 118 cm³/mol. The first-order valence-corrected chi connectivity index (χ1v) is 10.1. The molecule has 0 saturated heterocycles. The third-order valence-corrected chi connectivity index (χ3v) is 4.95. The molecule has 0 atom stereocenters. The smallest absolute Gasteiger partial charge is 0.270 e. The van der Waals surface area contributed by atoms with Gasteiger partial charge in [0.25, 0.3) is 11.8 Å². The van der Waals surface area contributed by atoms with Crippen molar-refractivity contribution in [1.82, 2.24) is 0 Å². The lowest BCUT2D eigenvalue weighted by molar-refractivity contribution is 0.0174. The summed E-state index contributed by atoms with van der Waals surface area (Å²) < 4.78 is 33.4. The van der Waals surface area contributed by atoms with E-state index in [1.165, 1.54) is 30.3 Å². The van der Waals surface area contributed by atoms with Crippen LogP contribution in [0.25, 0.3) is 0 Å². The number of benzene rings is 3. The SMILES string of the molecule is CC(F)(F)c1ccc(OCCc2cccc(Cl)c2)c(NC(=O)c2cc(Cl)ccc2O)c1. The number of carbonyl (C=O) groups excluding carboxylic acids is 1. The number of halogens is 4. The van der Waals surface area contributed by atoms with Gasteiger partial charge >= 0.3 is 0 Å². The van der Waals surface area contributed by atoms with Crippen molar-refractivity contribution < 1.29 is 23.4 Å². The standard InChI is InChI=1S/C23H19Cl2F2NO3/c1-23(26,27)15-5-8-21(31-10-9-14-3-2-4-16(24)11-14)19(12-15)28-22(30)18-13-17(25)6-7-20(18)29/h2-8,11-13,29H,9-10H2,1H3,(H,28,30). The molecule has 0 bridgehead atoms. The van der Waals surface area contributed by atoms with Gasteiger partial charge in [-0.25, -0.2) is 8.78 Å². The van der Waals surface area contributed by atoms with Crippen LogP contribution in [0.2, 0.25) is 10.0 Å². The molecule has 4 nitrogen and oxygen atoms in total. The van der Waals surface area contributed by atoms with Crippen molar-refractivity contribution in [3.63, 3.8) is 0 Å². The minimum atomic E-state index is -3.11. The highest BCUT2D eigenvalue weighted by Crippen LogP contribution is 2.34. The summed E-state index contributed by atoms with van der Waals surface area (Å²) in [6.07, 6.45) is 0.523. The minimum absolute atomic E-state index is 0.0505. The molecule has 0 aromatic heterocycles. The van der Waals surface area contributed by atoms with E-state index in [-0.39, 0.29) is 39.9 Å². The molecule has 0 spiro atoms. The Hall–Kier alpha value is -2.83. The molecule has 0 heterocycles. The topological polar surface area (TPSA) is 58.6 Å². The van der Waals surface area contributed by atoms with Gasteiger partial charge in [0, 0.05) is 29.0 Å². The Kier molecular flexibility index (Phi) is 7.03. The molecule has 0 unspecified atom stereocenters. The van der Waals surface area contributed by atoms with Crippen LogP contribution in [-0.4, -0.2) is 17.6 Å². The van der Waals surface area contributed by atoms with Gasteiger partial charge in [-0.05, 0) is 54.1 Å². The average molecular weight is 466 g/mol. The lowest BCUT2D eigenvalue weighted by Crippen LogP contribution is -2.15. The van der Waals surface area contributed by atoms with E-state index in [4.69, 9.17) is 27.9 Å². The van der Waals surface area contributed by atoms with Gasteiger partial charge in [-0.1, -0.05) is 35.3 Å². The van der Waals surface area contributed by atoms with Gasteiger partial charge in [0.05, 0.1) is 17.9 Å². The summed E-state index contributed by atoms with van der Waals surface area (Å²) in [4.78, 5) is 12.6. The predicted octanol–water partition coefficient (Wildman–Crippen LogP) is 6.68. The number of rotatable bonds is 7. The Labute approximate surface area is 188 Å². The van der Waals surface area contributed by atoms with Crippen LogP contribution in [0, 0.1) is 0 Å². The quantitative estimate of drug-likeness (QED) is 0.408. The second kappa shape index (κ2) is 9.54. The van der Waals surface area contributed by atoms with Gasteiger partial charge in [0.2, 0.25) is 0 Å². The molecule has 162 valence electrons. The zero-order valence-electron chi connectivity index (χ0n) is 16.5. The molecule has 0 saturated carbocycles. The number of nitrogens with one attached hydrogen (secondary N) is 1. The number of hydrogen-bond acceptors (Lipinski definition) is 3. The Balaban J connectivity index is 1.83. The van der Waals surface area contributed by atoms with Gasteiger partial charge in [-0.2, -0.15) is 0 Å². The summed E-state index contributed by atoms with van der Waals surface area (Å²) in [6.45, 7) is 0.990. The largest absolute Gasteiger partial charge is 0.507 e. The normalized spacial score (nSPS) is 11.3. The molecular formula is C23H19Cl2F2NO3. The third kappa shape index (κ3) is 6.09. The highest BCUT2D eigenvalue weighted by atomic mass is 35.5. The van der Waals surface area contributed by atoms with Crippen LogP contribution < -0.4 is 10.1 Å². The minimum Gasteiger partial charge on any atom is -0.507 e. The van der Waals surface area contributed by atoms with Crippen LogP contribution in [-0.2, 0) is 12.3 Å². The molecular weight excluding hydrogens is 447 g/mol. The maximum Gasteiger partial charge on any atom is 0.270 e. The van der Waals surface area contributed by atoms with E-state index in [1.54, 1.807) is 12.1 Å². The first-order valence-electron chi connectivity index (χ1n) is 9.33. The zero-order chi connectivity index (χ0) is 22.6. The Morgan fingerprint density at radius 3 is 2.52 bits per heavy atom. The van der Waals surface area contributed by atoms with E-state index < -0.39 is 11.8 Å². The van der Waals surface area contributed by atoms with Crippen LogP contribution in [0.3, 0.4) is 0 Å². The fourth-order valence-corrected chi connectivity index (χ4v) is 3.26. The summed E-state index contributed by atoms with van der Waals surface area (Å²) in [6, 6.07) is 15.0. The first kappa shape index (κ1) is 22.8. The Morgan fingerprint density at radius 2 is 1.81 bits per heavy atom. The molecule has 0 aliphatic carbocycles. The number of anilines is 1. The summed E-state index contributed by atoms with van der Waals surface area (Å²) in [7, 11) is 0. The molecule has 3 aromatic rings. The Bertz CT molecular complexity index is 1100. The Morgan fingerprint density at radius 1 is 1.06 bits per heavy atom. The molecule has 8 heteroatoms. The molecule has 0 radical (unpaired) electrons. The molecule has 31 heavy (non-hydrogen) atoms. The fourth-order valence-electron chi connectivity index (χ4n) is 2.88. The number of alkyl halides is 2. The van der Waals surface area contributed by atoms with E-state index in [2.05, 4.69) is 5.32 Å². The monoisotopic (exact) mass is 465 g/mol. The highest BCUT2D eigenvalue weighted by Gasteiger charge is 2.26. The van der Waals surface area contributed by atoms with Crippen molar-refractivity contribution in [2.75, 3.05) is 11.9 Å². The van der Waals surface area contributed by atoms with Crippen molar-refractivity contribution in [3.8, 4) is 11.5 Å². The van der Waals surface area contributed by atoms with Gasteiger partial charge in [-0.15, -0.1) is 0 Å². The van der Waals surface area contributed by atoms with Crippen molar-refractivity contribution >= 4 is 34.8 Å². The van der Waals surface area contributed by atoms with Crippen molar-refractivity contribution in [1.29, 1.82) is 0 Å². The van der Waals surface area contributed by atoms with E-state index in [0.717, 1.165) is 18.6 Å². The van der Waals surface area contributed by atoms with Crippen LogP contribution >= 0.6 is 23.2 Å². The molecule has 2 N–H and O–H groups in total. The molecule has 0 aliphatic rings. The number of aromatic hydroxyl groups is 1. The van der Waals surface area contributed by atoms with Crippen molar-refractivity contribution in [3.05, 3.63) is 87.4 Å². The van der Waals surface area contributed by atoms with Crippen LogP contribution in [0.5, 0.6) is 11.5 Å². The molecule has 1 amide bonds. The molecule has 3 aromatic carbocycles. The number of phenolic OH excluding ortho intramolecular Hbond substituents is 1. The molecule has 0 aliphatic heterocycles. The average Bonchev–Trinajstić information content (AvgIpc) is 2.70. The van der Waals surface area contributed by atoms with E-state index in [9.17, 15) is 18.7 Å². The van der Waals surface area contributed by atoms with Crippen molar-refractivity contribution in [2.45, 2.75) is 19.3 Å². The highest BCUT2D eigenvalue weighted by molar-refractivity contribution is 6.31. The number of amides is 1. The van der Waals surface area contributed by atoms with Gasteiger partial charge in [0.1, 0.15) is 11.5 Å². The van der Waals surface area contributed by atoms with Gasteiger partial charge in [0.15, 0.2) is 0 Å². The van der Waals surface area contributed by atoms with E-state index >= 15 is 0 Å². The maximum atomic E-state index is 13.8. The first-order chi connectivity index (χ1) is 14.6. The van der Waals surface area contributed by atoms with E-state index in [1.807, 2.05) is 12.1 Å². The van der Waals surface area contributed by atoms with Gasteiger partial charge in [-0.3, -0.25) is 4.79 Å². The molecule has 3 rings (SSSR count). The number of phenols is 1. The lowest BCUT2D eigenvalue weighted by atomic mass is 10.1. The summed E-state index contributed by atoms with van der Waals surface area (Å²) in [5, 5.41) is 13.3. The summed E-state index contributed by atoms with van der Waals surface area (Å²) in [5.41, 5.74) is 0.611. The number of ether oxygens (including phenoxy) is 1. The fraction of sp³-hybridized carbons (Fsp3) is 0.174. The summed E-state index contributed by atoms with van der Waals surface area (Å²) >= 11 is 11.9. The lowest BCUT2D eigenvalue weighted by Gasteiger charge is -2.17. The number of hydrogen-bond donors (Lipinski definition) is 2. The second-order valence-electron chi connectivity index (χ2n) is 6.94. The van der Waals surface area contributed by atoms with E-state index in [0.29, 0.717) is 11.4 Å². The van der Waals surface area contributed by atoms with Gasteiger partial charge < -0.3 is 15.2 Å². The second-order valence-corrected chi connectivity index (χ2v) is 7.82. The molecule has 0 fully saturated rings. The third-order valence-electron chi connectivity index (χ3n) is 4.48. The zero-order valence-corrected chi connectivity index (χ0v) is 18.0. The number of carbonyl (C=O) groups is 1.